The van der Waals surface area contributed by atoms with E-state index in [1.807, 2.05) is 75.5 Å². The molecule has 7 aromatic heterocycles. The fraction of sp³-hybridized carbons (Fsp3) is 0.361. The molecule has 0 bridgehead atoms. The van der Waals surface area contributed by atoms with E-state index in [2.05, 4.69) is 67.1 Å². The fourth-order valence-electron chi connectivity index (χ4n) is 13.3. The number of benzene rings is 4. The first-order valence-corrected chi connectivity index (χ1v) is 42.3. The Labute approximate surface area is 752 Å². The van der Waals surface area contributed by atoms with E-state index in [0.29, 0.717) is 85.9 Å². The zero-order valence-corrected chi connectivity index (χ0v) is 75.7. The molecule has 10 heterocycles. The van der Waals surface area contributed by atoms with Gasteiger partial charge >= 0.3 is 0 Å². The molecular formula is C83H92BrCl8F3N18O9. The number of aryl methyl sites for hydroxylation is 2. The van der Waals surface area contributed by atoms with Gasteiger partial charge in [0.2, 0.25) is 0 Å². The van der Waals surface area contributed by atoms with Crippen LogP contribution >= 0.6 is 109 Å². The molecule has 3 fully saturated rings. The largest absolute Gasteiger partial charge is 0.493 e. The third-order valence-corrected chi connectivity index (χ3v) is 23.2. The molecule has 122 heavy (non-hydrogen) atoms. The van der Waals surface area contributed by atoms with Crippen LogP contribution in [0.1, 0.15) is 113 Å². The third kappa shape index (κ3) is 23.5. The molecule has 39 heteroatoms. The van der Waals surface area contributed by atoms with Crippen LogP contribution in [-0.2, 0) is 14.1 Å². The Hall–Kier alpha value is -9.06. The Bertz CT molecular complexity index is 5450. The minimum absolute atomic E-state index is 0.0468. The van der Waals surface area contributed by atoms with E-state index in [0.717, 1.165) is 98.2 Å². The minimum Gasteiger partial charge on any atom is -0.493 e. The number of rotatable bonds is 26. The highest BCUT2D eigenvalue weighted by molar-refractivity contribution is 9.10. The highest BCUT2D eigenvalue weighted by atomic mass is 79.9. The van der Waals surface area contributed by atoms with Gasteiger partial charge in [-0.1, -0.05) is 92.8 Å². The quantitative estimate of drug-likeness (QED) is 0.0248. The fourth-order valence-corrected chi connectivity index (χ4v) is 16.6. The van der Waals surface area contributed by atoms with Crippen LogP contribution in [0.3, 0.4) is 0 Å². The molecule has 11 N–H and O–H groups in total. The van der Waals surface area contributed by atoms with Crippen molar-refractivity contribution in [2.24, 2.45) is 14.1 Å². The molecule has 0 amide bonds. The molecule has 27 nitrogen and oxygen atoms in total. The maximum absolute atomic E-state index is 14.7. The number of hydrogen-bond acceptors (Lipinski definition) is 24. The number of likely N-dealkylation sites (N-methyl/N-ethyl adjacent to an activating group) is 1. The van der Waals surface area contributed by atoms with Crippen molar-refractivity contribution in [3.8, 4) is 85.1 Å². The highest BCUT2D eigenvalue weighted by Crippen LogP contribution is 2.49. The van der Waals surface area contributed by atoms with E-state index in [-0.39, 0.29) is 94.0 Å². The molecule has 0 aliphatic carbocycles. The summed E-state index contributed by atoms with van der Waals surface area (Å²) in [5.74, 6) is 1.90. The molecule has 11 aromatic rings. The summed E-state index contributed by atoms with van der Waals surface area (Å²) in [5.41, 5.74) is 30.5. The Morgan fingerprint density at radius 3 is 1.26 bits per heavy atom. The summed E-state index contributed by atoms with van der Waals surface area (Å²) >= 11 is 54.6. The number of hydrogen-bond donors (Lipinski definition) is 7. The van der Waals surface area contributed by atoms with Crippen molar-refractivity contribution >= 4 is 132 Å². The Morgan fingerprint density at radius 2 is 0.836 bits per heavy atom. The number of anilines is 4. The van der Waals surface area contributed by atoms with Gasteiger partial charge in [-0.2, -0.15) is 15.3 Å². The van der Waals surface area contributed by atoms with Crippen molar-refractivity contribution in [2.75, 3.05) is 104 Å². The van der Waals surface area contributed by atoms with Crippen molar-refractivity contribution < 1.29 is 55.8 Å². The second-order valence-electron chi connectivity index (χ2n) is 28.9. The number of aromatic nitrogens is 10. The van der Waals surface area contributed by atoms with Gasteiger partial charge in [0, 0.05) is 155 Å². The standard InChI is InChI=1S/C23H27Cl2N5O3.C22H24Cl2FN5O2.C21H22Cl2FN5O2.C17H19BrCl2FN3O2/c1-13(20-17(24)9-18(31-2)22(32-3)21(20)25)33-19-8-14(10-28-23(19)26)15-11-29-30(12-15)16-4-6-27-7-5-16;1-12(31-18-7-13(9-28-22(18)26)14-10-29-30(2)11-14)19-20(23)16(25)8-17(21(19)24)32-15-3-5-27-6-4-15;1-11(30-17-5-12(7-27-21(17)25)13-8-28-29(2)10-13)18-19(22)15(24)6-16(20(18)23)31-14-3-4-26-9-14;1-9(26-13-6-10(18)8-23-17(13)22)14-15(19)11(21)7-12(16(14)20)25-5-4-24(2)3/h8-13,16,27H,4-7H2,1-3H3,(H2,26,28);7-12,15,27H,3-6H2,1-2H3,(H2,26,28);5-8,10-11,14,26H,3-4,9H2,1-2H3,(H2,25,27);6-9H,4-5H2,1-3H3,(H2,22,23). The molecule has 3 aliphatic heterocycles. The molecule has 0 spiro atoms. The van der Waals surface area contributed by atoms with Gasteiger partial charge < -0.3 is 86.4 Å². The first-order chi connectivity index (χ1) is 58.3. The minimum atomic E-state index is -0.715. The first-order valence-electron chi connectivity index (χ1n) is 38.5. The van der Waals surface area contributed by atoms with Crippen LogP contribution in [-0.4, -0.2) is 147 Å². The normalized spacial score (nSPS) is 15.2. The van der Waals surface area contributed by atoms with Crippen LogP contribution in [0.5, 0.6) is 51.7 Å². The number of nitrogens with zero attached hydrogens (tertiary/aromatic N) is 11. The molecule has 3 aliphatic rings. The first kappa shape index (κ1) is 93.6. The topological polar surface area (TPSA) is 331 Å². The lowest BCUT2D eigenvalue weighted by atomic mass is 10.1. The maximum atomic E-state index is 14.7. The number of nitrogens with two attached hydrogens (primary N) is 4. The molecule has 5 unspecified atom stereocenters. The smallest absolute Gasteiger partial charge is 0.179 e. The van der Waals surface area contributed by atoms with Crippen molar-refractivity contribution in [1.82, 2.24) is 70.1 Å². The van der Waals surface area contributed by atoms with E-state index in [4.69, 9.17) is 158 Å². The lowest BCUT2D eigenvalue weighted by molar-refractivity contribution is 0.161. The van der Waals surface area contributed by atoms with E-state index in [1.165, 1.54) is 32.4 Å². The van der Waals surface area contributed by atoms with Gasteiger partial charge in [0.15, 0.2) is 57.8 Å². The summed E-state index contributed by atoms with van der Waals surface area (Å²) in [7, 11) is 10.5. The molecule has 4 aromatic carbocycles. The number of halogens is 12. The average Bonchev–Trinajstić information content (AvgIpc) is 0.854. The summed E-state index contributed by atoms with van der Waals surface area (Å²) < 4.78 is 102. The van der Waals surface area contributed by atoms with Gasteiger partial charge in [-0.3, -0.25) is 14.0 Å². The number of methoxy groups -OCH3 is 2. The number of pyridine rings is 4. The molecule has 5 atom stereocenters. The Balaban J connectivity index is 0.000000159. The van der Waals surface area contributed by atoms with Gasteiger partial charge in [0.25, 0.3) is 0 Å². The van der Waals surface area contributed by atoms with Crippen LogP contribution in [0.15, 0.2) is 115 Å². The number of nitrogen functional groups attached to an aromatic ring is 4. The second-order valence-corrected chi connectivity index (χ2v) is 32.8. The van der Waals surface area contributed by atoms with Gasteiger partial charge in [0.05, 0.1) is 79.0 Å². The summed E-state index contributed by atoms with van der Waals surface area (Å²) in [6.07, 6.45) is 19.3. The Kier molecular flexibility index (Phi) is 33.0. The van der Waals surface area contributed by atoms with Crippen molar-refractivity contribution in [3.05, 3.63) is 195 Å². The van der Waals surface area contributed by atoms with Gasteiger partial charge in [-0.25, -0.2) is 33.1 Å². The molecule has 652 valence electrons. The van der Waals surface area contributed by atoms with Crippen LogP contribution < -0.4 is 81.5 Å². The summed E-state index contributed by atoms with van der Waals surface area (Å²) in [4.78, 5) is 18.7. The zero-order valence-electron chi connectivity index (χ0n) is 68.1. The zero-order chi connectivity index (χ0) is 87.9. The number of piperidine rings is 2. The molecule has 3 saturated heterocycles. The maximum Gasteiger partial charge on any atom is 0.179 e. The van der Waals surface area contributed by atoms with Crippen LogP contribution in [0.2, 0.25) is 40.2 Å². The van der Waals surface area contributed by atoms with Crippen LogP contribution in [0, 0.1) is 17.5 Å². The van der Waals surface area contributed by atoms with Crippen LogP contribution in [0.25, 0.3) is 33.4 Å². The van der Waals surface area contributed by atoms with Crippen LogP contribution in [0.4, 0.5) is 36.4 Å². The predicted molar refractivity (Wildman–Crippen MR) is 477 cm³/mol. The summed E-state index contributed by atoms with van der Waals surface area (Å²) in [6.45, 7) is 13.1. The lowest BCUT2D eigenvalue weighted by Gasteiger charge is -2.26. The van der Waals surface area contributed by atoms with E-state index in [1.54, 1.807) is 91.6 Å². The number of nitrogens with one attached hydrogen (secondary N) is 3. The van der Waals surface area contributed by atoms with Gasteiger partial charge in [0.1, 0.15) is 77.9 Å². The van der Waals surface area contributed by atoms with Crippen molar-refractivity contribution in [1.29, 1.82) is 0 Å². The van der Waals surface area contributed by atoms with E-state index < -0.39 is 41.9 Å². The molecular weight excluding hydrogens is 1810 g/mol. The van der Waals surface area contributed by atoms with Gasteiger partial charge in [-0.15, -0.1) is 0 Å². The predicted octanol–water partition coefficient (Wildman–Crippen LogP) is 19.0. The summed E-state index contributed by atoms with van der Waals surface area (Å²) in [6, 6.07) is 12.7. The average molecular weight is 1910 g/mol. The molecule has 0 radical (unpaired) electrons. The van der Waals surface area contributed by atoms with Gasteiger partial charge in [-0.05, 0) is 147 Å². The van der Waals surface area contributed by atoms with E-state index >= 15 is 0 Å². The summed E-state index contributed by atoms with van der Waals surface area (Å²) in [5, 5.41) is 23.7. The third-order valence-electron chi connectivity index (χ3n) is 19.8. The van der Waals surface area contributed by atoms with Crippen molar-refractivity contribution in [3.63, 3.8) is 0 Å². The van der Waals surface area contributed by atoms with E-state index in [9.17, 15) is 13.2 Å². The SMILES string of the molecule is CC(Oc1cc(-c2cnn(C)c2)cnc1N)c1c(Cl)c(F)cc(OC2CCNC2)c1Cl.CC(Oc1cc(-c2cnn(C)c2)cnc1N)c1c(Cl)c(F)cc(OC2CCNCC2)c1Cl.CC(Oc1cc(Br)cnc1N)c1c(Cl)c(F)cc(OCCN(C)C)c1Cl.COc1cc(Cl)c(C(C)Oc2cc(-c3cnn(C4CCNCC4)c3)cnc2N)c(Cl)c1OC. The lowest BCUT2D eigenvalue weighted by Crippen LogP contribution is -2.34. The molecule has 14 rings (SSSR count). The highest BCUT2D eigenvalue weighted by Gasteiger charge is 2.31. The number of ether oxygens (including phenoxy) is 9. The Morgan fingerprint density at radius 1 is 0.443 bits per heavy atom. The monoisotopic (exact) mass is 1900 g/mol. The van der Waals surface area contributed by atoms with Crippen molar-refractivity contribution in [2.45, 2.75) is 102 Å². The second kappa shape index (κ2) is 43.0. The molecule has 0 saturated carbocycles.